The molecule has 2 aromatic carbocycles. The minimum absolute atomic E-state index is 0.334. The average molecular weight is 357 g/mol. The van der Waals surface area contributed by atoms with Gasteiger partial charge in [-0.15, -0.1) is 21.5 Å². The van der Waals surface area contributed by atoms with E-state index < -0.39 is 0 Å². The Morgan fingerprint density at radius 1 is 1.12 bits per heavy atom. The van der Waals surface area contributed by atoms with E-state index in [4.69, 9.17) is 5.84 Å². The van der Waals surface area contributed by atoms with Crippen LogP contribution in [-0.2, 0) is 5.75 Å². The van der Waals surface area contributed by atoms with Crippen LogP contribution in [0.5, 0.6) is 0 Å². The van der Waals surface area contributed by atoms with E-state index in [-0.39, 0.29) is 5.82 Å². The molecule has 0 radical (unpaired) electrons. The van der Waals surface area contributed by atoms with Gasteiger partial charge in [0.15, 0.2) is 5.82 Å². The third-order valence-electron chi connectivity index (χ3n) is 3.41. The summed E-state index contributed by atoms with van der Waals surface area (Å²) in [7, 11) is 0. The molecular formula is C16H12FN5S2. The standard InChI is InChI=1S/C16H12FN5S2/c17-11-5-3-4-10(8-11)15-20-21-16(22(15)18)23-9-14-19-12-6-1-2-7-13(12)24-14/h1-8H,9,18H2. The molecule has 120 valence electrons. The predicted octanol–water partition coefficient (Wildman–Crippen LogP) is 3.70. The molecule has 0 amide bonds. The lowest BCUT2D eigenvalue weighted by molar-refractivity contribution is 0.628. The summed E-state index contributed by atoms with van der Waals surface area (Å²) >= 11 is 3.10. The Morgan fingerprint density at radius 2 is 2.00 bits per heavy atom. The lowest BCUT2D eigenvalue weighted by atomic mass is 10.2. The first-order valence-corrected chi connectivity index (χ1v) is 8.94. The van der Waals surface area contributed by atoms with Crippen LogP contribution in [0, 0.1) is 5.82 Å². The zero-order valence-corrected chi connectivity index (χ0v) is 14.0. The fraction of sp³-hybridized carbons (Fsp3) is 0.0625. The molecule has 2 aromatic heterocycles. The summed E-state index contributed by atoms with van der Waals surface area (Å²) in [6, 6.07) is 14.1. The molecule has 4 rings (SSSR count). The SMILES string of the molecule is Nn1c(SCc2nc3ccccc3s2)nnc1-c1cccc(F)c1. The highest BCUT2D eigenvalue weighted by atomic mass is 32.2. The summed E-state index contributed by atoms with van der Waals surface area (Å²) in [6.07, 6.45) is 0. The van der Waals surface area contributed by atoms with Crippen molar-refractivity contribution in [2.24, 2.45) is 0 Å². The van der Waals surface area contributed by atoms with Gasteiger partial charge in [0.2, 0.25) is 5.16 Å². The fourth-order valence-corrected chi connectivity index (χ4v) is 4.12. The van der Waals surface area contributed by atoms with Crippen LogP contribution in [0.15, 0.2) is 53.7 Å². The first kappa shape index (κ1) is 15.1. The Morgan fingerprint density at radius 3 is 2.83 bits per heavy atom. The number of rotatable bonds is 4. The second kappa shape index (κ2) is 6.21. The maximum absolute atomic E-state index is 13.4. The van der Waals surface area contributed by atoms with E-state index in [1.165, 1.54) is 28.6 Å². The lowest BCUT2D eigenvalue weighted by Crippen LogP contribution is -2.11. The lowest BCUT2D eigenvalue weighted by Gasteiger charge is -2.03. The Hall–Kier alpha value is -2.45. The highest BCUT2D eigenvalue weighted by Gasteiger charge is 2.13. The van der Waals surface area contributed by atoms with Crippen LogP contribution in [0.25, 0.3) is 21.6 Å². The number of fused-ring (bicyclic) bond motifs is 1. The van der Waals surface area contributed by atoms with Gasteiger partial charge in [-0.05, 0) is 24.3 Å². The van der Waals surface area contributed by atoms with Crippen molar-refractivity contribution in [2.75, 3.05) is 5.84 Å². The van der Waals surface area contributed by atoms with Gasteiger partial charge in [0, 0.05) is 5.56 Å². The number of benzene rings is 2. The van der Waals surface area contributed by atoms with E-state index in [0.29, 0.717) is 22.3 Å². The van der Waals surface area contributed by atoms with Crippen molar-refractivity contribution in [3.63, 3.8) is 0 Å². The Labute approximate surface area is 145 Å². The van der Waals surface area contributed by atoms with E-state index in [9.17, 15) is 4.39 Å². The normalized spacial score (nSPS) is 11.2. The smallest absolute Gasteiger partial charge is 0.210 e. The number of hydrogen-bond donors (Lipinski definition) is 1. The maximum atomic E-state index is 13.4. The summed E-state index contributed by atoms with van der Waals surface area (Å²) < 4.78 is 15.9. The second-order valence-corrected chi connectivity index (χ2v) is 7.11. The van der Waals surface area contributed by atoms with Crippen molar-refractivity contribution in [3.05, 3.63) is 59.4 Å². The molecule has 0 aliphatic carbocycles. The topological polar surface area (TPSA) is 69.6 Å². The molecular weight excluding hydrogens is 345 g/mol. The van der Waals surface area contributed by atoms with Crippen molar-refractivity contribution in [2.45, 2.75) is 10.9 Å². The highest BCUT2D eigenvalue weighted by molar-refractivity contribution is 7.98. The summed E-state index contributed by atoms with van der Waals surface area (Å²) in [5.41, 5.74) is 1.59. The van der Waals surface area contributed by atoms with Gasteiger partial charge >= 0.3 is 0 Å². The molecule has 2 N–H and O–H groups in total. The van der Waals surface area contributed by atoms with Crippen LogP contribution in [-0.4, -0.2) is 19.9 Å². The van der Waals surface area contributed by atoms with Crippen molar-refractivity contribution >= 4 is 33.3 Å². The molecule has 5 nitrogen and oxygen atoms in total. The quantitative estimate of drug-likeness (QED) is 0.445. The van der Waals surface area contributed by atoms with Crippen LogP contribution < -0.4 is 5.84 Å². The maximum Gasteiger partial charge on any atom is 0.210 e. The third kappa shape index (κ3) is 2.85. The molecule has 0 unspecified atom stereocenters. The first-order valence-electron chi connectivity index (χ1n) is 7.14. The first-order chi connectivity index (χ1) is 11.7. The Bertz CT molecular complexity index is 978. The van der Waals surface area contributed by atoms with Crippen molar-refractivity contribution in [3.8, 4) is 11.4 Å². The number of para-hydroxylation sites is 1. The van der Waals surface area contributed by atoms with Crippen molar-refractivity contribution < 1.29 is 4.39 Å². The number of halogens is 1. The molecule has 24 heavy (non-hydrogen) atoms. The predicted molar refractivity (Wildman–Crippen MR) is 94.7 cm³/mol. The molecule has 2 heterocycles. The number of nitrogen functional groups attached to an aromatic ring is 1. The monoisotopic (exact) mass is 357 g/mol. The minimum Gasteiger partial charge on any atom is -0.335 e. The van der Waals surface area contributed by atoms with Crippen LogP contribution in [0.1, 0.15) is 5.01 Å². The van der Waals surface area contributed by atoms with Gasteiger partial charge in [-0.3, -0.25) is 0 Å². The van der Waals surface area contributed by atoms with Gasteiger partial charge in [-0.1, -0.05) is 36.0 Å². The summed E-state index contributed by atoms with van der Waals surface area (Å²) in [6.45, 7) is 0. The average Bonchev–Trinajstić information content (AvgIpc) is 3.16. The number of aromatic nitrogens is 4. The fourth-order valence-electron chi connectivity index (χ4n) is 2.31. The van der Waals surface area contributed by atoms with E-state index >= 15 is 0 Å². The molecule has 0 spiro atoms. The number of thiazole rings is 1. The Balaban J connectivity index is 1.55. The molecule has 0 aliphatic rings. The minimum atomic E-state index is -0.334. The molecule has 4 aromatic rings. The van der Waals surface area contributed by atoms with Crippen LogP contribution in [0.4, 0.5) is 4.39 Å². The highest BCUT2D eigenvalue weighted by Crippen LogP contribution is 2.28. The van der Waals surface area contributed by atoms with E-state index in [0.717, 1.165) is 15.2 Å². The third-order valence-corrected chi connectivity index (χ3v) is 5.58. The van der Waals surface area contributed by atoms with Gasteiger partial charge in [0.25, 0.3) is 0 Å². The summed E-state index contributed by atoms with van der Waals surface area (Å²) in [5, 5.41) is 9.72. The van der Waals surface area contributed by atoms with Crippen LogP contribution >= 0.6 is 23.1 Å². The molecule has 0 saturated carbocycles. The van der Waals surface area contributed by atoms with Crippen molar-refractivity contribution in [1.82, 2.24) is 19.9 Å². The van der Waals surface area contributed by atoms with E-state index in [1.54, 1.807) is 23.5 Å². The second-order valence-electron chi connectivity index (χ2n) is 5.05. The number of nitrogens with two attached hydrogens (primary N) is 1. The summed E-state index contributed by atoms with van der Waals surface area (Å²) in [4.78, 5) is 4.58. The van der Waals surface area contributed by atoms with Gasteiger partial charge in [0.05, 0.1) is 16.0 Å². The van der Waals surface area contributed by atoms with Gasteiger partial charge in [0.1, 0.15) is 10.8 Å². The number of thioether (sulfide) groups is 1. The number of hydrogen-bond acceptors (Lipinski definition) is 6. The van der Waals surface area contributed by atoms with E-state index in [2.05, 4.69) is 21.2 Å². The summed E-state index contributed by atoms with van der Waals surface area (Å²) in [5.74, 6) is 6.80. The van der Waals surface area contributed by atoms with Crippen molar-refractivity contribution in [1.29, 1.82) is 0 Å². The van der Waals surface area contributed by atoms with Gasteiger partial charge in [-0.2, -0.15) is 0 Å². The molecule has 8 heteroatoms. The van der Waals surface area contributed by atoms with E-state index in [1.807, 2.05) is 18.2 Å². The largest absolute Gasteiger partial charge is 0.335 e. The zero-order chi connectivity index (χ0) is 16.5. The molecule has 0 bridgehead atoms. The molecule has 0 fully saturated rings. The molecule has 0 aliphatic heterocycles. The van der Waals surface area contributed by atoms with Crippen LogP contribution in [0.2, 0.25) is 0 Å². The van der Waals surface area contributed by atoms with Crippen LogP contribution in [0.3, 0.4) is 0 Å². The molecule has 0 saturated heterocycles. The molecule has 0 atom stereocenters. The number of nitrogens with zero attached hydrogens (tertiary/aromatic N) is 4. The van der Waals surface area contributed by atoms with Gasteiger partial charge in [-0.25, -0.2) is 14.1 Å². The Kier molecular flexibility index (Phi) is 3.91. The van der Waals surface area contributed by atoms with Gasteiger partial charge < -0.3 is 5.84 Å². The zero-order valence-electron chi connectivity index (χ0n) is 12.4.